The van der Waals surface area contributed by atoms with Gasteiger partial charge in [0.2, 0.25) is 5.82 Å². The molecule has 1 aliphatic rings. The number of nitrogens with one attached hydrogen (secondary N) is 1. The van der Waals surface area contributed by atoms with Crippen LogP contribution in [0.2, 0.25) is 0 Å². The molecule has 1 aliphatic heterocycles. The van der Waals surface area contributed by atoms with Crippen LogP contribution in [0.3, 0.4) is 0 Å². The zero-order valence-electron chi connectivity index (χ0n) is 19.1. The summed E-state index contributed by atoms with van der Waals surface area (Å²) in [4.78, 5) is 6.79. The van der Waals surface area contributed by atoms with Crippen LogP contribution in [0.1, 0.15) is 30.0 Å². The van der Waals surface area contributed by atoms with Crippen LogP contribution in [0, 0.1) is 6.92 Å². The second kappa shape index (κ2) is 9.11. The molecular weight excluding hydrogens is 444 g/mol. The number of hydrogen-bond acceptors (Lipinski definition) is 5. The molecule has 1 atom stereocenters. The summed E-state index contributed by atoms with van der Waals surface area (Å²) in [5.41, 5.74) is 5.81. The van der Waals surface area contributed by atoms with E-state index in [1.165, 1.54) is 0 Å². The predicted octanol–water partition coefficient (Wildman–Crippen LogP) is 5.92. The normalized spacial score (nSPS) is 15.9. The van der Waals surface area contributed by atoms with Crippen LogP contribution < -0.4 is 15.0 Å². The van der Waals surface area contributed by atoms with Gasteiger partial charge in [0.1, 0.15) is 5.75 Å². The van der Waals surface area contributed by atoms with Crippen LogP contribution in [-0.4, -0.2) is 22.4 Å². The summed E-state index contributed by atoms with van der Waals surface area (Å²) < 4.78 is 11.2. The van der Waals surface area contributed by atoms with Crippen LogP contribution in [0.5, 0.6) is 5.75 Å². The van der Waals surface area contributed by atoms with E-state index in [1.54, 1.807) is 7.11 Å². The molecule has 0 aliphatic carbocycles. The number of aromatic nitrogens is 2. The van der Waals surface area contributed by atoms with Gasteiger partial charge in [0.05, 0.1) is 18.7 Å². The molecule has 0 amide bonds. The van der Waals surface area contributed by atoms with Gasteiger partial charge in [-0.3, -0.25) is 4.90 Å². The summed E-state index contributed by atoms with van der Waals surface area (Å²) >= 11 is 5.80. The van der Waals surface area contributed by atoms with E-state index in [0.717, 1.165) is 39.4 Å². The average Bonchev–Trinajstić information content (AvgIpc) is 3.34. The van der Waals surface area contributed by atoms with Gasteiger partial charge >= 0.3 is 0 Å². The third-order valence-electron chi connectivity index (χ3n) is 5.88. The minimum absolute atomic E-state index is 0.260. The molecule has 2 heterocycles. The molecule has 0 bridgehead atoms. The number of ether oxygens (including phenoxy) is 1. The summed E-state index contributed by atoms with van der Waals surface area (Å²) in [7, 11) is 1.65. The highest BCUT2D eigenvalue weighted by Crippen LogP contribution is 2.39. The highest BCUT2D eigenvalue weighted by atomic mass is 32.1. The van der Waals surface area contributed by atoms with E-state index in [2.05, 4.69) is 10.5 Å². The summed E-state index contributed by atoms with van der Waals surface area (Å²) in [6.07, 6.45) is 0. The molecule has 6 nitrogen and oxygen atoms in total. The smallest absolute Gasteiger partial charge is 0.258 e. The highest BCUT2D eigenvalue weighted by Gasteiger charge is 2.34. The number of rotatable bonds is 5. The Hall–Kier alpha value is -3.97. The number of aryl methyl sites for hydroxylation is 1. The summed E-state index contributed by atoms with van der Waals surface area (Å²) in [6, 6.07) is 25.7. The zero-order valence-corrected chi connectivity index (χ0v) is 20.0. The summed E-state index contributed by atoms with van der Waals surface area (Å²) in [5, 5.41) is 8.38. The number of anilines is 1. The molecule has 1 N–H and O–H groups in total. The molecule has 5 rings (SSSR count). The Morgan fingerprint density at radius 1 is 0.971 bits per heavy atom. The first-order valence-electron chi connectivity index (χ1n) is 11.0. The summed E-state index contributed by atoms with van der Waals surface area (Å²) in [5.74, 6) is 1.78. The van der Waals surface area contributed by atoms with E-state index < -0.39 is 0 Å². The maximum atomic E-state index is 5.83. The van der Waals surface area contributed by atoms with Crippen molar-refractivity contribution in [3.05, 3.63) is 102 Å². The topological polar surface area (TPSA) is 63.4 Å². The van der Waals surface area contributed by atoms with Crippen molar-refractivity contribution in [3.63, 3.8) is 0 Å². The van der Waals surface area contributed by atoms with Crippen LogP contribution in [0.4, 0.5) is 5.69 Å². The van der Waals surface area contributed by atoms with Crippen molar-refractivity contribution >= 4 is 28.6 Å². The van der Waals surface area contributed by atoms with Crippen molar-refractivity contribution in [2.24, 2.45) is 0 Å². The minimum Gasteiger partial charge on any atom is -0.497 e. The maximum absolute atomic E-state index is 5.83. The van der Waals surface area contributed by atoms with Crippen LogP contribution in [0.25, 0.3) is 17.0 Å². The van der Waals surface area contributed by atoms with Crippen LogP contribution in [0.15, 0.2) is 89.1 Å². The number of thiocarbonyl (C=S) groups is 1. The zero-order chi connectivity index (χ0) is 23.7. The Bertz CT molecular complexity index is 1360. The Balaban J connectivity index is 1.64. The molecule has 170 valence electrons. The predicted molar refractivity (Wildman–Crippen MR) is 137 cm³/mol. The van der Waals surface area contributed by atoms with Gasteiger partial charge in [0.15, 0.2) is 5.11 Å². The van der Waals surface area contributed by atoms with Gasteiger partial charge in [0, 0.05) is 16.9 Å². The Labute approximate surface area is 203 Å². The van der Waals surface area contributed by atoms with Crippen LogP contribution >= 0.6 is 12.2 Å². The molecular formula is C27H24N4O2S. The first-order chi connectivity index (χ1) is 16.5. The third-order valence-corrected chi connectivity index (χ3v) is 6.18. The van der Waals surface area contributed by atoms with Crippen molar-refractivity contribution in [2.75, 3.05) is 12.0 Å². The van der Waals surface area contributed by atoms with E-state index in [-0.39, 0.29) is 6.04 Å². The molecule has 4 aromatic rings. The minimum atomic E-state index is -0.260. The maximum Gasteiger partial charge on any atom is 0.258 e. The lowest BCUT2D eigenvalue weighted by Gasteiger charge is -2.37. The lowest BCUT2D eigenvalue weighted by Crippen LogP contribution is -2.46. The van der Waals surface area contributed by atoms with Crippen molar-refractivity contribution in [1.29, 1.82) is 0 Å². The second-order valence-corrected chi connectivity index (χ2v) is 8.51. The van der Waals surface area contributed by atoms with Gasteiger partial charge < -0.3 is 14.6 Å². The number of allylic oxidation sites excluding steroid dienone is 1. The molecule has 3 aromatic carbocycles. The largest absolute Gasteiger partial charge is 0.497 e. The SMILES string of the molecule is COc1ccc(C2NC(=S)N(c3ccccc3)C(C)=C2c2nc(-c3cccc(C)c3)no2)cc1. The van der Waals surface area contributed by atoms with Crippen molar-refractivity contribution in [3.8, 4) is 17.1 Å². The number of nitrogens with zero attached hydrogens (tertiary/aromatic N) is 3. The Kier molecular flexibility index (Phi) is 5.86. The van der Waals surface area contributed by atoms with Crippen molar-refractivity contribution in [1.82, 2.24) is 15.5 Å². The van der Waals surface area contributed by atoms with E-state index in [4.69, 9.17) is 26.5 Å². The Morgan fingerprint density at radius 2 is 1.74 bits per heavy atom. The highest BCUT2D eigenvalue weighted by molar-refractivity contribution is 7.80. The molecule has 0 fully saturated rings. The quantitative estimate of drug-likeness (QED) is 0.365. The molecule has 0 radical (unpaired) electrons. The van der Waals surface area contributed by atoms with Crippen molar-refractivity contribution in [2.45, 2.75) is 19.9 Å². The molecule has 0 spiro atoms. The van der Waals surface area contributed by atoms with Crippen LogP contribution in [-0.2, 0) is 0 Å². The lowest BCUT2D eigenvalue weighted by atomic mass is 9.94. The number of hydrogen-bond donors (Lipinski definition) is 1. The Morgan fingerprint density at radius 3 is 2.44 bits per heavy atom. The monoisotopic (exact) mass is 468 g/mol. The van der Waals surface area contributed by atoms with Gasteiger partial charge in [-0.15, -0.1) is 0 Å². The number of methoxy groups -OCH3 is 1. The fourth-order valence-corrected chi connectivity index (χ4v) is 4.55. The van der Waals surface area contributed by atoms with Gasteiger partial charge in [0.25, 0.3) is 5.89 Å². The van der Waals surface area contributed by atoms with Gasteiger partial charge in [-0.05, 0) is 62.0 Å². The number of benzene rings is 3. The fourth-order valence-electron chi connectivity index (χ4n) is 4.19. The molecule has 1 aromatic heterocycles. The van der Waals surface area contributed by atoms with E-state index in [9.17, 15) is 0 Å². The average molecular weight is 469 g/mol. The van der Waals surface area contributed by atoms with E-state index in [0.29, 0.717) is 16.8 Å². The third kappa shape index (κ3) is 4.06. The molecule has 1 unspecified atom stereocenters. The van der Waals surface area contributed by atoms with Gasteiger partial charge in [-0.25, -0.2) is 0 Å². The summed E-state index contributed by atoms with van der Waals surface area (Å²) in [6.45, 7) is 4.07. The molecule has 0 saturated heterocycles. The lowest BCUT2D eigenvalue weighted by molar-refractivity contribution is 0.404. The fraction of sp³-hybridized carbons (Fsp3) is 0.148. The van der Waals surface area contributed by atoms with Gasteiger partial charge in [-0.2, -0.15) is 4.98 Å². The van der Waals surface area contributed by atoms with Crippen molar-refractivity contribution < 1.29 is 9.26 Å². The number of para-hydroxylation sites is 1. The standard InChI is InChI=1S/C27H24N4O2S/c1-17-8-7-9-20(16-17)25-29-26(33-30-25)23-18(2)31(21-10-5-4-6-11-21)27(34)28-24(23)19-12-14-22(32-3)15-13-19/h4-16,24H,1-3H3,(H,28,34). The van der Waals surface area contributed by atoms with Gasteiger partial charge in [-0.1, -0.05) is 59.3 Å². The van der Waals surface area contributed by atoms with E-state index >= 15 is 0 Å². The first-order valence-corrected chi connectivity index (χ1v) is 11.4. The van der Waals surface area contributed by atoms with E-state index in [1.807, 2.05) is 97.6 Å². The first kappa shape index (κ1) is 21.9. The molecule has 34 heavy (non-hydrogen) atoms. The molecule has 0 saturated carbocycles. The second-order valence-electron chi connectivity index (χ2n) is 8.12. The molecule has 7 heteroatoms.